The van der Waals surface area contributed by atoms with Crippen LogP contribution in [0.15, 0.2) is 53.6 Å². The van der Waals surface area contributed by atoms with Gasteiger partial charge in [-0.1, -0.05) is 64.3 Å². The first-order valence-electron chi connectivity index (χ1n) is 13.7. The van der Waals surface area contributed by atoms with Gasteiger partial charge in [0.05, 0.1) is 17.9 Å². The number of aliphatic carboxylic acids is 1. The first kappa shape index (κ1) is 28.8. The van der Waals surface area contributed by atoms with Gasteiger partial charge in [0, 0.05) is 28.3 Å². The van der Waals surface area contributed by atoms with E-state index >= 15 is 0 Å². The molecule has 1 heterocycles. The number of para-hydroxylation sites is 1. The molecule has 1 saturated carbocycles. The van der Waals surface area contributed by atoms with Crippen LogP contribution in [0.4, 0.5) is 21.9 Å². The zero-order valence-corrected chi connectivity index (χ0v) is 23.3. The van der Waals surface area contributed by atoms with Crippen LogP contribution in [0.5, 0.6) is 0 Å². The number of rotatable bonds is 9. The van der Waals surface area contributed by atoms with E-state index < -0.39 is 23.3 Å². The standard InChI is InChI=1S/C30H37N5O5/c1-30(2,3)25(36)18-34-24-15-8-7-14-23(24)28(20-10-5-4-6-11-20)33-35(29(34)40)19-26(37)32-22-13-9-12-21(16-22)31-17-27(38)39/h7-9,12-16,20,31H,4-6,10-11,17-19H2,1-3H3,(H,32,37)(H,38,39). The summed E-state index contributed by atoms with van der Waals surface area (Å²) in [6, 6.07) is 13.6. The number of carboxylic acid groups (broad SMARTS) is 1. The third-order valence-corrected chi connectivity index (χ3v) is 7.16. The fourth-order valence-electron chi connectivity index (χ4n) is 4.93. The van der Waals surface area contributed by atoms with Crippen molar-refractivity contribution in [3.05, 3.63) is 54.1 Å². The minimum Gasteiger partial charge on any atom is -0.480 e. The molecule has 1 fully saturated rings. The van der Waals surface area contributed by atoms with E-state index in [1.807, 2.05) is 45.0 Å². The highest BCUT2D eigenvalue weighted by atomic mass is 16.4. The highest BCUT2D eigenvalue weighted by Crippen LogP contribution is 2.34. The van der Waals surface area contributed by atoms with Crippen molar-refractivity contribution in [2.24, 2.45) is 16.4 Å². The van der Waals surface area contributed by atoms with Crippen LogP contribution < -0.4 is 15.5 Å². The minimum absolute atomic E-state index is 0.105. The highest BCUT2D eigenvalue weighted by Gasteiger charge is 2.36. The molecule has 10 heteroatoms. The minimum atomic E-state index is -1.00. The van der Waals surface area contributed by atoms with Gasteiger partial charge in [0.25, 0.3) is 0 Å². The maximum absolute atomic E-state index is 13.9. The number of hydrogen-bond acceptors (Lipinski definition) is 6. The van der Waals surface area contributed by atoms with E-state index in [1.165, 1.54) is 9.91 Å². The molecule has 10 nitrogen and oxygen atoms in total. The van der Waals surface area contributed by atoms with Gasteiger partial charge in [-0.25, -0.2) is 9.80 Å². The summed E-state index contributed by atoms with van der Waals surface area (Å²) in [6.07, 6.45) is 5.18. The number of carbonyl (C=O) groups is 4. The zero-order valence-electron chi connectivity index (χ0n) is 23.3. The molecule has 4 rings (SSSR count). The van der Waals surface area contributed by atoms with E-state index in [9.17, 15) is 19.2 Å². The number of carbonyl (C=O) groups excluding carboxylic acids is 3. The van der Waals surface area contributed by atoms with Gasteiger partial charge in [-0.2, -0.15) is 5.10 Å². The molecule has 3 amide bonds. The number of Topliss-reactive ketones (excluding diaryl/α,β-unsaturated/α-hetero) is 1. The number of urea groups is 1. The number of hydrogen-bond donors (Lipinski definition) is 3. The molecule has 2 aromatic carbocycles. The number of hydrazone groups is 1. The van der Waals surface area contributed by atoms with Gasteiger partial charge in [0.1, 0.15) is 13.1 Å². The predicted octanol–water partition coefficient (Wildman–Crippen LogP) is 4.96. The number of fused-ring (bicyclic) bond motifs is 1. The van der Waals surface area contributed by atoms with Crippen molar-refractivity contribution in [2.45, 2.75) is 52.9 Å². The van der Waals surface area contributed by atoms with Crippen LogP contribution in [-0.2, 0) is 14.4 Å². The van der Waals surface area contributed by atoms with E-state index in [0.717, 1.165) is 43.4 Å². The van der Waals surface area contributed by atoms with Gasteiger partial charge < -0.3 is 15.7 Å². The van der Waals surface area contributed by atoms with Crippen molar-refractivity contribution in [2.75, 3.05) is 35.2 Å². The molecule has 40 heavy (non-hydrogen) atoms. The van der Waals surface area contributed by atoms with Crippen LogP contribution in [0.2, 0.25) is 0 Å². The monoisotopic (exact) mass is 547 g/mol. The molecule has 0 bridgehead atoms. The second kappa shape index (κ2) is 12.3. The summed E-state index contributed by atoms with van der Waals surface area (Å²) in [6.45, 7) is 4.70. The van der Waals surface area contributed by atoms with E-state index in [1.54, 1.807) is 24.3 Å². The molecule has 2 aromatic rings. The Kier molecular flexibility index (Phi) is 8.86. The Hall–Kier alpha value is -4.21. The number of ketones is 1. The van der Waals surface area contributed by atoms with Crippen molar-refractivity contribution >= 4 is 46.5 Å². The van der Waals surface area contributed by atoms with Crippen molar-refractivity contribution in [1.29, 1.82) is 0 Å². The maximum atomic E-state index is 13.9. The van der Waals surface area contributed by atoms with E-state index in [-0.39, 0.29) is 31.3 Å². The normalized spacial score (nSPS) is 16.1. The summed E-state index contributed by atoms with van der Waals surface area (Å²) in [4.78, 5) is 52.5. The van der Waals surface area contributed by atoms with Crippen LogP contribution in [0.25, 0.3) is 0 Å². The van der Waals surface area contributed by atoms with Gasteiger partial charge in [-0.05, 0) is 37.1 Å². The van der Waals surface area contributed by atoms with Gasteiger partial charge in [-0.3, -0.25) is 19.3 Å². The average Bonchev–Trinajstić information content (AvgIpc) is 3.03. The second-order valence-corrected chi connectivity index (χ2v) is 11.3. The molecule has 0 unspecified atom stereocenters. The lowest BCUT2D eigenvalue weighted by Gasteiger charge is -2.28. The molecular formula is C30H37N5O5. The maximum Gasteiger partial charge on any atom is 0.345 e. The third kappa shape index (κ3) is 7.05. The molecule has 0 atom stereocenters. The molecule has 0 saturated heterocycles. The number of nitrogens with zero attached hydrogens (tertiary/aromatic N) is 3. The quantitative estimate of drug-likeness (QED) is 0.407. The number of anilines is 3. The molecule has 3 N–H and O–H groups in total. The van der Waals surface area contributed by atoms with Crippen LogP contribution in [0, 0.1) is 11.3 Å². The Balaban J connectivity index is 1.64. The number of amides is 3. The van der Waals surface area contributed by atoms with Crippen LogP contribution in [0.1, 0.15) is 58.4 Å². The van der Waals surface area contributed by atoms with E-state index in [2.05, 4.69) is 10.6 Å². The van der Waals surface area contributed by atoms with E-state index in [0.29, 0.717) is 17.1 Å². The number of carboxylic acids is 1. The van der Waals surface area contributed by atoms with Gasteiger partial charge >= 0.3 is 12.0 Å². The smallest absolute Gasteiger partial charge is 0.345 e. The van der Waals surface area contributed by atoms with Gasteiger partial charge in [0.15, 0.2) is 5.78 Å². The summed E-state index contributed by atoms with van der Waals surface area (Å²) < 4.78 is 0. The first-order valence-corrected chi connectivity index (χ1v) is 13.7. The number of nitrogens with one attached hydrogen (secondary N) is 2. The lowest BCUT2D eigenvalue weighted by Crippen LogP contribution is -2.47. The van der Waals surface area contributed by atoms with Gasteiger partial charge in [-0.15, -0.1) is 0 Å². The van der Waals surface area contributed by atoms with Crippen molar-refractivity contribution in [3.8, 4) is 0 Å². The lowest BCUT2D eigenvalue weighted by molar-refractivity contribution is -0.135. The second-order valence-electron chi connectivity index (χ2n) is 11.3. The fraction of sp³-hybridized carbons (Fsp3) is 0.433. The van der Waals surface area contributed by atoms with E-state index in [4.69, 9.17) is 10.2 Å². The molecule has 1 aliphatic heterocycles. The van der Waals surface area contributed by atoms with Crippen LogP contribution in [-0.4, -0.2) is 59.2 Å². The summed E-state index contributed by atoms with van der Waals surface area (Å²) in [7, 11) is 0. The Labute approximate surface area is 234 Å². The Morgan fingerprint density at radius 3 is 2.38 bits per heavy atom. The van der Waals surface area contributed by atoms with Crippen molar-refractivity contribution in [3.63, 3.8) is 0 Å². The average molecular weight is 548 g/mol. The van der Waals surface area contributed by atoms with Crippen LogP contribution >= 0.6 is 0 Å². The Morgan fingerprint density at radius 2 is 1.68 bits per heavy atom. The van der Waals surface area contributed by atoms with Crippen LogP contribution in [0.3, 0.4) is 0 Å². The highest BCUT2D eigenvalue weighted by molar-refractivity contribution is 6.13. The topological polar surface area (TPSA) is 131 Å². The predicted molar refractivity (Wildman–Crippen MR) is 155 cm³/mol. The molecule has 0 spiro atoms. The fourth-order valence-corrected chi connectivity index (χ4v) is 4.93. The molecule has 212 valence electrons. The molecule has 0 radical (unpaired) electrons. The van der Waals surface area contributed by atoms with Crippen molar-refractivity contribution in [1.82, 2.24) is 5.01 Å². The summed E-state index contributed by atoms with van der Waals surface area (Å²) in [5.74, 6) is -1.44. The first-order chi connectivity index (χ1) is 19.0. The molecular weight excluding hydrogens is 510 g/mol. The molecule has 0 aromatic heterocycles. The SMILES string of the molecule is CC(C)(C)C(=O)CN1C(=O)N(CC(=O)Nc2cccc(NCC(=O)O)c2)N=C(C2CCCCC2)c2ccccc21. The van der Waals surface area contributed by atoms with Crippen molar-refractivity contribution < 1.29 is 24.3 Å². The third-order valence-electron chi connectivity index (χ3n) is 7.16. The Morgan fingerprint density at radius 1 is 0.975 bits per heavy atom. The summed E-state index contributed by atoms with van der Waals surface area (Å²) in [5.41, 5.74) is 2.52. The Bertz CT molecular complexity index is 1310. The lowest BCUT2D eigenvalue weighted by atomic mass is 9.83. The molecule has 1 aliphatic carbocycles. The largest absolute Gasteiger partial charge is 0.480 e. The molecule has 2 aliphatic rings. The number of benzene rings is 2. The summed E-state index contributed by atoms with van der Waals surface area (Å²) >= 11 is 0. The zero-order chi connectivity index (χ0) is 28.9. The summed E-state index contributed by atoms with van der Waals surface area (Å²) in [5, 5.41) is 20.4. The van der Waals surface area contributed by atoms with Gasteiger partial charge in [0.2, 0.25) is 5.91 Å².